The third-order valence-electron chi connectivity index (χ3n) is 4.51. The summed E-state index contributed by atoms with van der Waals surface area (Å²) in [5.74, 6) is 1.21. The average Bonchev–Trinajstić information content (AvgIpc) is 2.55. The Morgan fingerprint density at radius 3 is 2.29 bits per heavy atom. The molecular weight excluding hydrogens is 301 g/mol. The number of benzene rings is 2. The van der Waals surface area contributed by atoms with Crippen molar-refractivity contribution < 1.29 is 9.13 Å². The Kier molecular flexibility index (Phi) is 6.38. The van der Waals surface area contributed by atoms with Crippen molar-refractivity contribution in [2.75, 3.05) is 7.11 Å². The number of hydrogen-bond donors (Lipinski definition) is 1. The second-order valence-corrected chi connectivity index (χ2v) is 6.81. The van der Waals surface area contributed by atoms with Gasteiger partial charge in [-0.2, -0.15) is 0 Å². The first-order chi connectivity index (χ1) is 11.4. The minimum atomic E-state index is -0.198. The smallest absolute Gasteiger partial charge is 0.123 e. The van der Waals surface area contributed by atoms with Gasteiger partial charge in [0.15, 0.2) is 0 Å². The van der Waals surface area contributed by atoms with Crippen LogP contribution in [-0.4, -0.2) is 13.2 Å². The second kappa shape index (κ2) is 8.29. The van der Waals surface area contributed by atoms with E-state index in [1.165, 1.54) is 23.3 Å². The van der Waals surface area contributed by atoms with Gasteiger partial charge in [0.05, 0.1) is 7.11 Å². The van der Waals surface area contributed by atoms with Crippen molar-refractivity contribution in [3.05, 3.63) is 65.0 Å². The summed E-state index contributed by atoms with van der Waals surface area (Å²) in [5, 5.41) is 3.69. The van der Waals surface area contributed by atoms with Gasteiger partial charge in [-0.25, -0.2) is 4.39 Å². The number of aryl methyl sites for hydroxylation is 1. The van der Waals surface area contributed by atoms with Crippen molar-refractivity contribution in [3.63, 3.8) is 0 Å². The van der Waals surface area contributed by atoms with Gasteiger partial charge < -0.3 is 10.1 Å². The molecule has 0 saturated heterocycles. The van der Waals surface area contributed by atoms with Gasteiger partial charge >= 0.3 is 0 Å². The van der Waals surface area contributed by atoms with Crippen molar-refractivity contribution in [1.82, 2.24) is 5.32 Å². The normalized spacial score (nSPS) is 13.8. The van der Waals surface area contributed by atoms with E-state index in [4.69, 9.17) is 4.74 Å². The molecule has 0 heterocycles. The largest absolute Gasteiger partial charge is 0.496 e. The molecular formula is C21H28FNO. The van der Waals surface area contributed by atoms with E-state index < -0.39 is 0 Å². The third-order valence-corrected chi connectivity index (χ3v) is 4.51. The van der Waals surface area contributed by atoms with Crippen LogP contribution in [0.15, 0.2) is 42.5 Å². The first-order valence-corrected chi connectivity index (χ1v) is 8.55. The molecule has 2 rings (SSSR count). The van der Waals surface area contributed by atoms with Crippen LogP contribution in [0, 0.1) is 18.7 Å². The molecule has 0 aliphatic heterocycles. The van der Waals surface area contributed by atoms with Crippen molar-refractivity contribution in [2.24, 2.45) is 5.92 Å². The van der Waals surface area contributed by atoms with Gasteiger partial charge in [0.2, 0.25) is 0 Å². The van der Waals surface area contributed by atoms with Crippen molar-refractivity contribution >= 4 is 0 Å². The van der Waals surface area contributed by atoms with E-state index in [0.717, 1.165) is 17.7 Å². The summed E-state index contributed by atoms with van der Waals surface area (Å²) in [6.07, 6.45) is 0.897. The summed E-state index contributed by atoms with van der Waals surface area (Å²) in [5.41, 5.74) is 3.55. The van der Waals surface area contributed by atoms with Crippen molar-refractivity contribution in [3.8, 4) is 5.75 Å². The maximum atomic E-state index is 13.1. The third kappa shape index (κ3) is 4.81. The molecule has 3 heteroatoms. The summed E-state index contributed by atoms with van der Waals surface area (Å²) in [6, 6.07) is 13.5. The summed E-state index contributed by atoms with van der Waals surface area (Å²) in [7, 11) is 1.72. The fourth-order valence-electron chi connectivity index (χ4n) is 2.96. The molecule has 0 aliphatic rings. The van der Waals surface area contributed by atoms with E-state index in [-0.39, 0.29) is 11.9 Å². The summed E-state index contributed by atoms with van der Waals surface area (Å²) < 4.78 is 18.6. The molecule has 2 nitrogen and oxygen atoms in total. The summed E-state index contributed by atoms with van der Waals surface area (Å²) in [4.78, 5) is 0. The minimum absolute atomic E-state index is 0.161. The van der Waals surface area contributed by atoms with E-state index in [1.54, 1.807) is 7.11 Å². The minimum Gasteiger partial charge on any atom is -0.496 e. The highest BCUT2D eigenvalue weighted by Crippen LogP contribution is 2.24. The molecule has 2 atom stereocenters. The molecule has 0 spiro atoms. The molecule has 0 radical (unpaired) electrons. The fourth-order valence-corrected chi connectivity index (χ4v) is 2.96. The van der Waals surface area contributed by atoms with Gasteiger partial charge in [-0.1, -0.05) is 43.7 Å². The van der Waals surface area contributed by atoms with Crippen LogP contribution in [0.4, 0.5) is 4.39 Å². The van der Waals surface area contributed by atoms with Gasteiger partial charge in [0.1, 0.15) is 11.6 Å². The second-order valence-electron chi connectivity index (χ2n) is 6.81. The predicted molar refractivity (Wildman–Crippen MR) is 98.0 cm³/mol. The standard InChI is InChI=1S/C21H28FNO/c1-14(2)20(13-18-12-15(3)6-11-21(18)24-5)23-16(4)17-7-9-19(22)10-8-17/h6-12,14,16,20,23H,13H2,1-5H3. The molecule has 0 aliphatic carbocycles. The van der Waals surface area contributed by atoms with Crippen LogP contribution >= 0.6 is 0 Å². The molecule has 24 heavy (non-hydrogen) atoms. The lowest BCUT2D eigenvalue weighted by molar-refractivity contribution is 0.353. The molecule has 0 amide bonds. The van der Waals surface area contributed by atoms with E-state index in [0.29, 0.717) is 12.0 Å². The topological polar surface area (TPSA) is 21.3 Å². The predicted octanol–water partition coefficient (Wildman–Crippen LogP) is 5.06. The Labute approximate surface area is 145 Å². The van der Waals surface area contributed by atoms with Gasteiger partial charge in [-0.05, 0) is 55.5 Å². The molecule has 2 aromatic carbocycles. The first kappa shape index (κ1) is 18.5. The zero-order chi connectivity index (χ0) is 17.7. The summed E-state index contributed by atoms with van der Waals surface area (Å²) >= 11 is 0. The number of rotatable bonds is 7. The van der Waals surface area contributed by atoms with Gasteiger partial charge in [0, 0.05) is 12.1 Å². The Morgan fingerprint density at radius 2 is 1.71 bits per heavy atom. The summed E-state index contributed by atoms with van der Waals surface area (Å²) in [6.45, 7) is 8.66. The van der Waals surface area contributed by atoms with Gasteiger partial charge in [-0.15, -0.1) is 0 Å². The highest BCUT2D eigenvalue weighted by atomic mass is 19.1. The molecule has 0 fully saturated rings. The average molecular weight is 329 g/mol. The highest BCUT2D eigenvalue weighted by molar-refractivity contribution is 5.37. The molecule has 1 N–H and O–H groups in total. The van der Waals surface area contributed by atoms with E-state index in [2.05, 4.69) is 45.1 Å². The van der Waals surface area contributed by atoms with Crippen LogP contribution in [0.25, 0.3) is 0 Å². The molecule has 2 aromatic rings. The lowest BCUT2D eigenvalue weighted by Gasteiger charge is -2.27. The highest BCUT2D eigenvalue weighted by Gasteiger charge is 2.19. The van der Waals surface area contributed by atoms with Gasteiger partial charge in [0.25, 0.3) is 0 Å². The van der Waals surface area contributed by atoms with Crippen molar-refractivity contribution in [1.29, 1.82) is 0 Å². The van der Waals surface area contributed by atoms with Crippen LogP contribution in [0.3, 0.4) is 0 Å². The lowest BCUT2D eigenvalue weighted by Crippen LogP contribution is -2.37. The number of methoxy groups -OCH3 is 1. The zero-order valence-electron chi connectivity index (χ0n) is 15.3. The number of ether oxygens (including phenoxy) is 1. The van der Waals surface area contributed by atoms with Crippen LogP contribution in [-0.2, 0) is 6.42 Å². The molecule has 0 saturated carbocycles. The Hall–Kier alpha value is -1.87. The molecule has 0 aromatic heterocycles. The lowest BCUT2D eigenvalue weighted by atomic mass is 9.93. The van der Waals surface area contributed by atoms with Crippen LogP contribution < -0.4 is 10.1 Å². The quantitative estimate of drug-likeness (QED) is 0.766. The number of hydrogen-bond acceptors (Lipinski definition) is 2. The van der Waals surface area contributed by atoms with E-state index >= 15 is 0 Å². The Morgan fingerprint density at radius 1 is 1.04 bits per heavy atom. The van der Waals surface area contributed by atoms with Crippen LogP contribution in [0.5, 0.6) is 5.75 Å². The SMILES string of the molecule is COc1ccc(C)cc1CC(NC(C)c1ccc(F)cc1)C(C)C. The fraction of sp³-hybridized carbons (Fsp3) is 0.429. The van der Waals surface area contributed by atoms with Gasteiger partial charge in [-0.3, -0.25) is 0 Å². The number of nitrogens with one attached hydrogen (secondary N) is 1. The first-order valence-electron chi connectivity index (χ1n) is 8.55. The Balaban J connectivity index is 2.15. The van der Waals surface area contributed by atoms with E-state index in [9.17, 15) is 4.39 Å². The molecule has 130 valence electrons. The molecule has 0 bridgehead atoms. The van der Waals surface area contributed by atoms with Crippen LogP contribution in [0.2, 0.25) is 0 Å². The maximum absolute atomic E-state index is 13.1. The number of halogens is 1. The van der Waals surface area contributed by atoms with Crippen molar-refractivity contribution in [2.45, 2.75) is 46.2 Å². The maximum Gasteiger partial charge on any atom is 0.123 e. The molecule has 2 unspecified atom stereocenters. The monoisotopic (exact) mass is 329 g/mol. The Bertz CT molecular complexity index is 651. The zero-order valence-corrected chi connectivity index (χ0v) is 15.3. The van der Waals surface area contributed by atoms with E-state index in [1.807, 2.05) is 18.2 Å². The van der Waals surface area contributed by atoms with Crippen LogP contribution in [0.1, 0.15) is 43.5 Å².